The number of nitrogens with zero attached hydrogens (tertiary/aromatic N) is 5. The molecule has 0 amide bonds. The molecule has 0 unspecified atom stereocenters. The molecule has 0 radical (unpaired) electrons. The molecule has 0 atom stereocenters. The highest BCUT2D eigenvalue weighted by Crippen LogP contribution is 2.42. The van der Waals surface area contributed by atoms with Gasteiger partial charge in [-0.3, -0.25) is 0 Å². The summed E-state index contributed by atoms with van der Waals surface area (Å²) in [5.41, 5.74) is 9.86. The minimum atomic E-state index is 0.648. The second kappa shape index (κ2) is 10.3. The lowest BCUT2D eigenvalue weighted by molar-refractivity contribution is 1.08. The Kier molecular flexibility index (Phi) is 5.60. The van der Waals surface area contributed by atoms with Crippen molar-refractivity contribution in [3.8, 4) is 34.2 Å². The van der Waals surface area contributed by atoms with Gasteiger partial charge in [0.2, 0.25) is 0 Å². The molecular formula is C45H27N5. The van der Waals surface area contributed by atoms with E-state index >= 15 is 0 Å². The summed E-state index contributed by atoms with van der Waals surface area (Å²) in [5, 5.41) is 7.13. The second-order valence-corrected chi connectivity index (χ2v) is 12.8. The van der Waals surface area contributed by atoms with Crippen LogP contribution in [0.3, 0.4) is 0 Å². The maximum absolute atomic E-state index is 5.17. The van der Waals surface area contributed by atoms with Crippen molar-refractivity contribution in [2.24, 2.45) is 0 Å². The molecule has 0 bridgehead atoms. The lowest BCUT2D eigenvalue weighted by Gasteiger charge is -2.10. The summed E-state index contributed by atoms with van der Waals surface area (Å²) in [4.78, 5) is 15.3. The predicted molar refractivity (Wildman–Crippen MR) is 206 cm³/mol. The first-order chi connectivity index (χ1) is 24.8. The van der Waals surface area contributed by atoms with E-state index in [1.54, 1.807) is 0 Å². The van der Waals surface area contributed by atoms with Gasteiger partial charge in [0.25, 0.3) is 0 Å². The van der Waals surface area contributed by atoms with Gasteiger partial charge >= 0.3 is 0 Å². The first kappa shape index (κ1) is 27.1. The molecule has 0 aliphatic carbocycles. The van der Waals surface area contributed by atoms with Crippen LogP contribution < -0.4 is 0 Å². The molecule has 0 aliphatic heterocycles. The van der Waals surface area contributed by atoms with Crippen LogP contribution >= 0.6 is 0 Å². The largest absolute Gasteiger partial charge is 0.307 e. The van der Waals surface area contributed by atoms with Crippen molar-refractivity contribution in [3.05, 3.63) is 164 Å². The van der Waals surface area contributed by atoms with Gasteiger partial charge in [-0.25, -0.2) is 15.0 Å². The van der Waals surface area contributed by atoms with E-state index in [2.05, 4.69) is 136 Å². The van der Waals surface area contributed by atoms with Crippen LogP contribution in [-0.4, -0.2) is 23.8 Å². The molecule has 232 valence electrons. The quantitative estimate of drug-likeness (QED) is 0.194. The smallest absolute Gasteiger partial charge is 0.164 e. The van der Waals surface area contributed by atoms with Crippen molar-refractivity contribution in [2.45, 2.75) is 0 Å². The van der Waals surface area contributed by atoms with E-state index in [0.717, 1.165) is 38.5 Å². The molecule has 7 aromatic carbocycles. The van der Waals surface area contributed by atoms with Gasteiger partial charge in [0, 0.05) is 49.0 Å². The number of hydrogen-bond acceptors (Lipinski definition) is 3. The van der Waals surface area contributed by atoms with Crippen LogP contribution in [0.25, 0.3) is 99.6 Å². The Morgan fingerprint density at radius 2 is 0.740 bits per heavy atom. The zero-order valence-corrected chi connectivity index (χ0v) is 26.8. The maximum Gasteiger partial charge on any atom is 0.164 e. The van der Waals surface area contributed by atoms with Crippen LogP contribution in [0.5, 0.6) is 0 Å². The van der Waals surface area contributed by atoms with Crippen LogP contribution in [0.4, 0.5) is 0 Å². The first-order valence-electron chi connectivity index (χ1n) is 16.9. The average Bonchev–Trinajstić information content (AvgIpc) is 3.71. The van der Waals surface area contributed by atoms with Crippen molar-refractivity contribution in [3.63, 3.8) is 0 Å². The zero-order valence-electron chi connectivity index (χ0n) is 26.8. The number of rotatable bonds is 3. The van der Waals surface area contributed by atoms with Gasteiger partial charge in [-0.1, -0.05) is 140 Å². The van der Waals surface area contributed by atoms with E-state index in [4.69, 9.17) is 15.0 Å². The minimum absolute atomic E-state index is 0.648. The summed E-state index contributed by atoms with van der Waals surface area (Å²) in [6, 6.07) is 57.8. The molecule has 0 spiro atoms. The Bertz CT molecular complexity index is 3080. The highest BCUT2D eigenvalue weighted by atomic mass is 15.0. The molecule has 4 aromatic heterocycles. The molecule has 50 heavy (non-hydrogen) atoms. The molecule has 11 rings (SSSR count). The third-order valence-electron chi connectivity index (χ3n) is 10.1. The fourth-order valence-electron chi connectivity index (χ4n) is 8.03. The molecular weight excluding hydrogens is 611 g/mol. The van der Waals surface area contributed by atoms with Crippen molar-refractivity contribution < 1.29 is 0 Å². The van der Waals surface area contributed by atoms with E-state index in [1.807, 2.05) is 36.4 Å². The van der Waals surface area contributed by atoms with E-state index < -0.39 is 0 Å². The first-order valence-corrected chi connectivity index (χ1v) is 16.9. The van der Waals surface area contributed by atoms with Gasteiger partial charge < -0.3 is 8.80 Å². The minimum Gasteiger partial charge on any atom is -0.307 e. The van der Waals surface area contributed by atoms with Crippen LogP contribution in [0.15, 0.2) is 164 Å². The van der Waals surface area contributed by atoms with Crippen LogP contribution in [0, 0.1) is 0 Å². The Hall–Kier alpha value is -6.85. The number of hydrogen-bond donors (Lipinski definition) is 0. The summed E-state index contributed by atoms with van der Waals surface area (Å²) in [7, 11) is 0. The highest BCUT2D eigenvalue weighted by molar-refractivity contribution is 6.25. The lowest BCUT2D eigenvalue weighted by atomic mass is 10.0. The fourth-order valence-corrected chi connectivity index (χ4v) is 8.03. The molecule has 4 heterocycles. The Balaban J connectivity index is 1.35. The van der Waals surface area contributed by atoms with E-state index in [-0.39, 0.29) is 0 Å². The van der Waals surface area contributed by atoms with E-state index in [9.17, 15) is 0 Å². The van der Waals surface area contributed by atoms with Crippen molar-refractivity contribution in [1.82, 2.24) is 23.8 Å². The summed E-state index contributed by atoms with van der Waals surface area (Å²) in [6.07, 6.45) is 0. The Morgan fingerprint density at radius 1 is 0.300 bits per heavy atom. The van der Waals surface area contributed by atoms with E-state index in [1.165, 1.54) is 43.6 Å². The summed E-state index contributed by atoms with van der Waals surface area (Å²) < 4.78 is 4.92. The SMILES string of the molecule is c1ccc(-c2nc(-c3ccccc3)nc(-c3cccc4c3c3cccc5c6ccccc6n6c7ccccc7c7cccc(c76)n4c53)n2)cc1. The molecule has 0 saturated heterocycles. The predicted octanol–water partition coefficient (Wildman–Crippen LogP) is 11.1. The van der Waals surface area contributed by atoms with Gasteiger partial charge in [-0.15, -0.1) is 0 Å². The fraction of sp³-hybridized carbons (Fsp3) is 0. The van der Waals surface area contributed by atoms with Gasteiger partial charge in [-0.05, 0) is 24.3 Å². The number of aromatic nitrogens is 5. The maximum atomic E-state index is 5.17. The Labute approximate surface area is 286 Å². The molecule has 0 N–H and O–H groups in total. The van der Waals surface area contributed by atoms with Gasteiger partial charge in [0.15, 0.2) is 17.5 Å². The molecule has 0 saturated carbocycles. The highest BCUT2D eigenvalue weighted by Gasteiger charge is 2.22. The standard InChI is InChI=1S/C45H27N5/c1-3-14-28(15-4-1)43-46-44(29-16-5-2-6-17-29)48-45(47-43)35-23-13-26-38-40(35)34-22-11-20-32-30-18-7-9-24-36(30)49-37-25-10-8-19-31(37)33-21-12-27-39(42(33)49)50(38)41(32)34/h1-27H. The van der Waals surface area contributed by atoms with Gasteiger partial charge in [0.05, 0.1) is 33.1 Å². The molecule has 0 fully saturated rings. The van der Waals surface area contributed by atoms with Crippen molar-refractivity contribution >= 4 is 65.4 Å². The molecule has 5 heteroatoms. The van der Waals surface area contributed by atoms with Crippen molar-refractivity contribution in [2.75, 3.05) is 0 Å². The average molecular weight is 638 g/mol. The van der Waals surface area contributed by atoms with E-state index in [0.29, 0.717) is 17.5 Å². The topological polar surface area (TPSA) is 47.5 Å². The van der Waals surface area contributed by atoms with Crippen LogP contribution in [-0.2, 0) is 0 Å². The number of fused-ring (bicyclic) bond motifs is 10. The molecule has 11 aromatic rings. The summed E-state index contributed by atoms with van der Waals surface area (Å²) in [5.74, 6) is 1.95. The van der Waals surface area contributed by atoms with Gasteiger partial charge in [-0.2, -0.15) is 0 Å². The third-order valence-corrected chi connectivity index (χ3v) is 10.1. The monoisotopic (exact) mass is 637 g/mol. The zero-order chi connectivity index (χ0) is 32.8. The van der Waals surface area contributed by atoms with Crippen LogP contribution in [0.1, 0.15) is 0 Å². The van der Waals surface area contributed by atoms with Gasteiger partial charge in [0.1, 0.15) is 0 Å². The molecule has 0 aliphatic rings. The molecule has 5 nitrogen and oxygen atoms in total. The second-order valence-electron chi connectivity index (χ2n) is 12.8. The van der Waals surface area contributed by atoms with Crippen molar-refractivity contribution in [1.29, 1.82) is 0 Å². The Morgan fingerprint density at radius 3 is 1.40 bits per heavy atom. The third kappa shape index (κ3) is 3.74. The van der Waals surface area contributed by atoms with Crippen LogP contribution in [0.2, 0.25) is 0 Å². The number of benzene rings is 7. The normalized spacial score (nSPS) is 12.0. The lowest BCUT2D eigenvalue weighted by Crippen LogP contribution is -2.00. The number of para-hydroxylation sites is 4. The summed E-state index contributed by atoms with van der Waals surface area (Å²) in [6.45, 7) is 0. The summed E-state index contributed by atoms with van der Waals surface area (Å²) >= 11 is 0.